The molecule has 7 heteroatoms. The SMILES string of the molecule is Cc1ccc(N(CCC(=O)N(C)CCc2ccncc2)S(C)(=O)=O)cc1. The average molecular weight is 375 g/mol. The lowest BCUT2D eigenvalue weighted by Gasteiger charge is -2.24. The molecule has 26 heavy (non-hydrogen) atoms. The smallest absolute Gasteiger partial charge is 0.232 e. The minimum Gasteiger partial charge on any atom is -0.345 e. The summed E-state index contributed by atoms with van der Waals surface area (Å²) < 4.78 is 25.5. The molecule has 0 saturated carbocycles. The summed E-state index contributed by atoms with van der Waals surface area (Å²) in [6.07, 6.45) is 5.47. The molecular weight excluding hydrogens is 350 g/mol. The molecular formula is C19H25N3O3S. The van der Waals surface area contributed by atoms with Crippen molar-refractivity contribution in [2.45, 2.75) is 19.8 Å². The molecule has 0 atom stereocenters. The van der Waals surface area contributed by atoms with Gasteiger partial charge in [0.15, 0.2) is 0 Å². The minimum absolute atomic E-state index is 0.0835. The molecule has 0 N–H and O–H groups in total. The Labute approximate surface area is 155 Å². The first-order valence-corrected chi connectivity index (χ1v) is 10.3. The number of sulfonamides is 1. The van der Waals surface area contributed by atoms with E-state index >= 15 is 0 Å². The number of aryl methyl sites for hydroxylation is 1. The molecule has 0 aliphatic rings. The highest BCUT2D eigenvalue weighted by Crippen LogP contribution is 2.18. The van der Waals surface area contributed by atoms with Gasteiger partial charge in [0.2, 0.25) is 15.9 Å². The van der Waals surface area contributed by atoms with Crippen molar-refractivity contribution in [3.63, 3.8) is 0 Å². The average Bonchev–Trinajstić information content (AvgIpc) is 2.61. The summed E-state index contributed by atoms with van der Waals surface area (Å²) >= 11 is 0. The van der Waals surface area contributed by atoms with E-state index in [-0.39, 0.29) is 18.9 Å². The third-order valence-corrected chi connectivity index (χ3v) is 5.36. The van der Waals surface area contributed by atoms with Crippen LogP contribution >= 0.6 is 0 Å². The number of anilines is 1. The summed E-state index contributed by atoms with van der Waals surface area (Å²) in [5, 5.41) is 0. The van der Waals surface area contributed by atoms with Crippen LogP contribution in [0.25, 0.3) is 0 Å². The van der Waals surface area contributed by atoms with E-state index in [9.17, 15) is 13.2 Å². The summed E-state index contributed by atoms with van der Waals surface area (Å²) in [5.41, 5.74) is 2.73. The number of carbonyl (C=O) groups is 1. The van der Waals surface area contributed by atoms with Crippen LogP contribution in [0.1, 0.15) is 17.5 Å². The normalized spacial score (nSPS) is 11.2. The highest BCUT2D eigenvalue weighted by Gasteiger charge is 2.19. The fraction of sp³-hybridized carbons (Fsp3) is 0.368. The second kappa shape index (κ2) is 8.80. The van der Waals surface area contributed by atoms with Crippen molar-refractivity contribution in [3.8, 4) is 0 Å². The van der Waals surface area contributed by atoms with Gasteiger partial charge < -0.3 is 4.90 Å². The third-order valence-electron chi connectivity index (χ3n) is 4.16. The van der Waals surface area contributed by atoms with Crippen molar-refractivity contribution < 1.29 is 13.2 Å². The van der Waals surface area contributed by atoms with Gasteiger partial charge in [-0.1, -0.05) is 17.7 Å². The molecule has 1 heterocycles. The standard InChI is InChI=1S/C19H25N3O3S/c1-16-4-6-18(7-5-16)22(26(3,24)25)15-11-19(23)21(2)14-10-17-8-12-20-13-9-17/h4-9,12-13H,10-11,14-15H2,1-3H3. The Morgan fingerprint density at radius 3 is 2.23 bits per heavy atom. The maximum atomic E-state index is 12.4. The number of likely N-dealkylation sites (N-methyl/N-ethyl adjacent to an activating group) is 1. The highest BCUT2D eigenvalue weighted by atomic mass is 32.2. The van der Waals surface area contributed by atoms with E-state index in [2.05, 4.69) is 4.98 Å². The van der Waals surface area contributed by atoms with Gasteiger partial charge in [-0.25, -0.2) is 8.42 Å². The molecule has 1 aromatic heterocycles. The molecule has 0 fully saturated rings. The van der Waals surface area contributed by atoms with Crippen LogP contribution < -0.4 is 4.31 Å². The van der Waals surface area contributed by atoms with Gasteiger partial charge in [-0.3, -0.25) is 14.1 Å². The van der Waals surface area contributed by atoms with E-state index in [0.717, 1.165) is 23.8 Å². The van der Waals surface area contributed by atoms with Gasteiger partial charge in [-0.05, 0) is 43.2 Å². The van der Waals surface area contributed by atoms with Crippen molar-refractivity contribution in [2.24, 2.45) is 0 Å². The highest BCUT2D eigenvalue weighted by molar-refractivity contribution is 7.92. The van der Waals surface area contributed by atoms with Gasteiger partial charge in [-0.15, -0.1) is 0 Å². The van der Waals surface area contributed by atoms with Gasteiger partial charge in [0.05, 0.1) is 11.9 Å². The summed E-state index contributed by atoms with van der Waals surface area (Å²) in [7, 11) is -1.72. The predicted molar refractivity (Wildman–Crippen MR) is 104 cm³/mol. The van der Waals surface area contributed by atoms with E-state index in [4.69, 9.17) is 0 Å². The topological polar surface area (TPSA) is 70.6 Å². The van der Waals surface area contributed by atoms with Crippen molar-refractivity contribution in [3.05, 3.63) is 59.9 Å². The molecule has 140 valence electrons. The molecule has 0 aliphatic heterocycles. The van der Waals surface area contributed by atoms with Gasteiger partial charge in [0.25, 0.3) is 0 Å². The molecule has 0 unspecified atom stereocenters. The summed E-state index contributed by atoms with van der Waals surface area (Å²) in [6, 6.07) is 11.1. The maximum Gasteiger partial charge on any atom is 0.232 e. The monoisotopic (exact) mass is 375 g/mol. The molecule has 1 aromatic carbocycles. The number of nitrogens with zero attached hydrogens (tertiary/aromatic N) is 3. The fourth-order valence-corrected chi connectivity index (χ4v) is 3.48. The number of aromatic nitrogens is 1. The molecule has 2 rings (SSSR count). The molecule has 0 bridgehead atoms. The number of carbonyl (C=O) groups excluding carboxylic acids is 1. The Balaban J connectivity index is 1.95. The Hall–Kier alpha value is -2.41. The van der Waals surface area contributed by atoms with E-state index in [1.54, 1.807) is 36.5 Å². The Morgan fingerprint density at radius 2 is 1.65 bits per heavy atom. The molecule has 2 aromatic rings. The second-order valence-electron chi connectivity index (χ2n) is 6.34. The lowest BCUT2D eigenvalue weighted by molar-refractivity contribution is -0.129. The maximum absolute atomic E-state index is 12.4. The zero-order valence-electron chi connectivity index (χ0n) is 15.4. The van der Waals surface area contributed by atoms with E-state index in [1.807, 2.05) is 31.2 Å². The van der Waals surface area contributed by atoms with E-state index in [1.165, 1.54) is 4.31 Å². The second-order valence-corrected chi connectivity index (χ2v) is 8.25. The number of hydrogen-bond donors (Lipinski definition) is 0. The quantitative estimate of drug-likeness (QED) is 0.709. The lowest BCUT2D eigenvalue weighted by atomic mass is 10.2. The van der Waals surface area contributed by atoms with Crippen molar-refractivity contribution >= 4 is 21.6 Å². The van der Waals surface area contributed by atoms with Crippen LogP contribution in [0.5, 0.6) is 0 Å². The third kappa shape index (κ3) is 5.84. The molecule has 6 nitrogen and oxygen atoms in total. The first kappa shape index (κ1) is 19.9. The number of amides is 1. The molecule has 0 spiro atoms. The van der Waals surface area contributed by atoms with Gasteiger partial charge in [0.1, 0.15) is 0 Å². The number of pyridine rings is 1. The van der Waals surface area contributed by atoms with Crippen LogP contribution in [-0.2, 0) is 21.2 Å². The zero-order chi connectivity index (χ0) is 19.2. The first-order chi connectivity index (χ1) is 12.3. The largest absolute Gasteiger partial charge is 0.345 e. The van der Waals surface area contributed by atoms with E-state index < -0.39 is 10.0 Å². The van der Waals surface area contributed by atoms with Crippen LogP contribution in [0.4, 0.5) is 5.69 Å². The molecule has 0 saturated heterocycles. The molecule has 1 amide bonds. The molecule has 0 radical (unpaired) electrons. The summed E-state index contributed by atoms with van der Waals surface area (Å²) in [6.45, 7) is 2.64. The van der Waals surface area contributed by atoms with Crippen LogP contribution in [0.3, 0.4) is 0 Å². The number of benzene rings is 1. The van der Waals surface area contributed by atoms with Crippen LogP contribution in [0, 0.1) is 6.92 Å². The van der Waals surface area contributed by atoms with Gasteiger partial charge in [0, 0.05) is 39.0 Å². The Morgan fingerprint density at radius 1 is 1.04 bits per heavy atom. The zero-order valence-corrected chi connectivity index (χ0v) is 16.2. The first-order valence-electron chi connectivity index (χ1n) is 8.44. The summed E-state index contributed by atoms with van der Waals surface area (Å²) in [4.78, 5) is 18.0. The predicted octanol–water partition coefficient (Wildman–Crippen LogP) is 2.25. The summed E-state index contributed by atoms with van der Waals surface area (Å²) in [5.74, 6) is -0.0835. The number of hydrogen-bond acceptors (Lipinski definition) is 4. The van der Waals surface area contributed by atoms with Crippen molar-refractivity contribution in [1.82, 2.24) is 9.88 Å². The minimum atomic E-state index is -3.45. The van der Waals surface area contributed by atoms with Crippen molar-refractivity contribution in [1.29, 1.82) is 0 Å². The van der Waals surface area contributed by atoms with Crippen LogP contribution in [0.15, 0.2) is 48.8 Å². The van der Waals surface area contributed by atoms with Gasteiger partial charge in [-0.2, -0.15) is 0 Å². The van der Waals surface area contributed by atoms with Gasteiger partial charge >= 0.3 is 0 Å². The van der Waals surface area contributed by atoms with Crippen LogP contribution in [-0.4, -0.2) is 50.6 Å². The Bertz CT molecular complexity index is 821. The fourth-order valence-electron chi connectivity index (χ4n) is 2.56. The van der Waals surface area contributed by atoms with Crippen LogP contribution in [0.2, 0.25) is 0 Å². The molecule has 0 aliphatic carbocycles. The Kier molecular flexibility index (Phi) is 6.74. The number of rotatable bonds is 8. The van der Waals surface area contributed by atoms with E-state index in [0.29, 0.717) is 12.2 Å². The van der Waals surface area contributed by atoms with Crippen molar-refractivity contribution in [2.75, 3.05) is 30.7 Å². The lowest BCUT2D eigenvalue weighted by Crippen LogP contribution is -2.36.